The molecular weight excluding hydrogens is 470 g/mol. The number of carbonyl (C=O) groups excluding carboxylic acids is 2. The normalized spacial score (nSPS) is 15.4. The van der Waals surface area contributed by atoms with Gasteiger partial charge in [-0.25, -0.2) is 4.98 Å². The number of hydrogen-bond acceptors (Lipinski definition) is 6. The van der Waals surface area contributed by atoms with Crippen molar-refractivity contribution < 1.29 is 9.59 Å². The molecule has 166 valence electrons. The first-order valence-electron chi connectivity index (χ1n) is 10.3. The molecule has 3 aromatic rings. The maximum Gasteiger partial charge on any atom is 0.266 e. The van der Waals surface area contributed by atoms with Crippen LogP contribution in [0, 0.1) is 0 Å². The van der Waals surface area contributed by atoms with Gasteiger partial charge in [0, 0.05) is 23.9 Å². The number of carbonyl (C=O) groups is 2. The van der Waals surface area contributed by atoms with E-state index in [1.54, 1.807) is 0 Å². The standard InChI is InChI=1S/C25H21N3O2S3/c1-17(14-18-8-4-2-5-9-18)15-21-23(30)28(25(31)33-21)13-12-22(29)27-24-26-20(16-32-24)19-10-6-3-7-11-19/h2-11,14-16H,12-13H2,1H3,(H,26,27,29)/b17-14+,21-15-. The van der Waals surface area contributed by atoms with Crippen molar-refractivity contribution in [1.29, 1.82) is 0 Å². The summed E-state index contributed by atoms with van der Waals surface area (Å²) in [4.78, 5) is 31.8. The molecule has 0 aliphatic carbocycles. The highest BCUT2D eigenvalue weighted by Crippen LogP contribution is 2.32. The van der Waals surface area contributed by atoms with Crippen molar-refractivity contribution in [3.63, 3.8) is 0 Å². The van der Waals surface area contributed by atoms with Gasteiger partial charge in [-0.15, -0.1) is 11.3 Å². The highest BCUT2D eigenvalue weighted by molar-refractivity contribution is 8.26. The van der Waals surface area contributed by atoms with E-state index < -0.39 is 0 Å². The van der Waals surface area contributed by atoms with Crippen molar-refractivity contribution in [3.05, 3.63) is 88.2 Å². The molecule has 0 atom stereocenters. The summed E-state index contributed by atoms with van der Waals surface area (Å²) in [7, 11) is 0. The summed E-state index contributed by atoms with van der Waals surface area (Å²) in [6.45, 7) is 2.18. The number of hydrogen-bond donors (Lipinski definition) is 1. The maximum atomic E-state index is 12.8. The van der Waals surface area contributed by atoms with Gasteiger partial charge in [-0.1, -0.05) is 90.7 Å². The first-order chi connectivity index (χ1) is 16.0. The quantitative estimate of drug-likeness (QED) is 0.325. The summed E-state index contributed by atoms with van der Waals surface area (Å²) >= 11 is 8.02. The van der Waals surface area contributed by atoms with Crippen molar-refractivity contribution in [3.8, 4) is 11.3 Å². The summed E-state index contributed by atoms with van der Waals surface area (Å²) in [5.74, 6) is -0.374. The molecule has 1 aromatic heterocycles. The Labute approximate surface area is 206 Å². The van der Waals surface area contributed by atoms with Crippen LogP contribution in [0.5, 0.6) is 0 Å². The van der Waals surface area contributed by atoms with E-state index in [2.05, 4.69) is 10.3 Å². The third-order valence-corrected chi connectivity index (χ3v) is 6.94. The molecule has 1 fully saturated rings. The minimum atomic E-state index is -0.206. The van der Waals surface area contributed by atoms with E-state index in [-0.39, 0.29) is 24.8 Å². The average Bonchev–Trinajstić information content (AvgIpc) is 3.38. The Balaban J connectivity index is 1.33. The van der Waals surface area contributed by atoms with Gasteiger partial charge in [-0.05, 0) is 24.1 Å². The Morgan fingerprint density at radius 1 is 1.12 bits per heavy atom. The monoisotopic (exact) mass is 491 g/mol. The third kappa shape index (κ3) is 6.04. The van der Waals surface area contributed by atoms with Crippen LogP contribution in [0.15, 0.2) is 82.6 Å². The second kappa shape index (κ2) is 10.7. The summed E-state index contributed by atoms with van der Waals surface area (Å²) in [6, 6.07) is 19.7. The second-order valence-electron chi connectivity index (χ2n) is 7.33. The fourth-order valence-corrected chi connectivity index (χ4v) is 5.32. The van der Waals surface area contributed by atoms with Crippen LogP contribution >= 0.6 is 35.3 Å². The Bertz CT molecular complexity index is 1230. The lowest BCUT2D eigenvalue weighted by Gasteiger charge is -2.13. The Morgan fingerprint density at radius 2 is 1.82 bits per heavy atom. The number of rotatable bonds is 7. The number of thioether (sulfide) groups is 1. The lowest BCUT2D eigenvalue weighted by atomic mass is 10.1. The third-order valence-electron chi connectivity index (χ3n) is 4.81. The molecule has 0 radical (unpaired) electrons. The van der Waals surface area contributed by atoms with Gasteiger partial charge >= 0.3 is 0 Å². The van der Waals surface area contributed by atoms with Crippen molar-refractivity contribution in [2.45, 2.75) is 13.3 Å². The minimum Gasteiger partial charge on any atom is -0.302 e. The highest BCUT2D eigenvalue weighted by Gasteiger charge is 2.32. The number of aromatic nitrogens is 1. The molecule has 1 aliphatic rings. The summed E-state index contributed by atoms with van der Waals surface area (Å²) in [5.41, 5.74) is 3.83. The van der Waals surface area contributed by atoms with E-state index in [1.807, 2.05) is 85.1 Å². The fourth-order valence-electron chi connectivity index (χ4n) is 3.22. The lowest BCUT2D eigenvalue weighted by molar-refractivity contribution is -0.122. The van der Waals surface area contributed by atoms with Crippen LogP contribution in [0.1, 0.15) is 18.9 Å². The van der Waals surface area contributed by atoms with Crippen LogP contribution < -0.4 is 5.32 Å². The molecule has 5 nitrogen and oxygen atoms in total. The number of amides is 2. The maximum absolute atomic E-state index is 12.8. The minimum absolute atomic E-state index is 0.138. The van der Waals surface area contributed by atoms with E-state index in [0.717, 1.165) is 22.4 Å². The summed E-state index contributed by atoms with van der Waals surface area (Å²) in [6.07, 6.45) is 3.99. The number of anilines is 1. The number of allylic oxidation sites excluding steroid dienone is 2. The fraction of sp³-hybridized carbons (Fsp3) is 0.120. The molecular formula is C25H21N3O2S3. The van der Waals surface area contributed by atoms with E-state index in [9.17, 15) is 9.59 Å². The average molecular weight is 492 g/mol. The molecule has 1 saturated heterocycles. The van der Waals surface area contributed by atoms with Gasteiger partial charge in [0.1, 0.15) is 4.32 Å². The highest BCUT2D eigenvalue weighted by atomic mass is 32.2. The molecule has 2 aromatic carbocycles. The molecule has 1 N–H and O–H groups in total. The zero-order valence-electron chi connectivity index (χ0n) is 17.9. The van der Waals surface area contributed by atoms with Crippen LogP contribution in [0.25, 0.3) is 17.3 Å². The van der Waals surface area contributed by atoms with E-state index in [0.29, 0.717) is 14.4 Å². The van der Waals surface area contributed by atoms with Gasteiger partial charge in [0.05, 0.1) is 10.6 Å². The van der Waals surface area contributed by atoms with Crippen molar-refractivity contribution >= 4 is 62.7 Å². The molecule has 0 saturated carbocycles. The zero-order valence-corrected chi connectivity index (χ0v) is 20.3. The number of benzene rings is 2. The molecule has 2 amide bonds. The number of thiocarbonyl (C=S) groups is 1. The van der Waals surface area contributed by atoms with Crippen molar-refractivity contribution in [1.82, 2.24) is 9.88 Å². The predicted octanol–water partition coefficient (Wildman–Crippen LogP) is 5.99. The van der Waals surface area contributed by atoms with Gasteiger partial charge in [0.15, 0.2) is 5.13 Å². The molecule has 0 unspecified atom stereocenters. The summed E-state index contributed by atoms with van der Waals surface area (Å²) in [5, 5.41) is 5.25. The van der Waals surface area contributed by atoms with Crippen molar-refractivity contribution in [2.75, 3.05) is 11.9 Å². The second-order valence-corrected chi connectivity index (χ2v) is 9.87. The molecule has 33 heavy (non-hydrogen) atoms. The molecule has 0 bridgehead atoms. The molecule has 8 heteroatoms. The van der Waals surface area contributed by atoms with Crippen LogP contribution in [0.2, 0.25) is 0 Å². The van der Waals surface area contributed by atoms with Gasteiger partial charge in [0.2, 0.25) is 5.91 Å². The first-order valence-corrected chi connectivity index (χ1v) is 12.4. The lowest BCUT2D eigenvalue weighted by Crippen LogP contribution is -2.31. The number of nitrogens with one attached hydrogen (secondary N) is 1. The topological polar surface area (TPSA) is 62.3 Å². The number of thiazole rings is 1. The van der Waals surface area contributed by atoms with Crippen molar-refractivity contribution in [2.24, 2.45) is 0 Å². The van der Waals surface area contributed by atoms with Crippen LogP contribution in [-0.2, 0) is 9.59 Å². The van der Waals surface area contributed by atoms with Gasteiger partial charge in [0.25, 0.3) is 5.91 Å². The predicted molar refractivity (Wildman–Crippen MR) is 141 cm³/mol. The smallest absolute Gasteiger partial charge is 0.266 e. The Kier molecular flexibility index (Phi) is 7.49. The van der Waals surface area contributed by atoms with Crippen LogP contribution in [0.3, 0.4) is 0 Å². The SMILES string of the molecule is CC(/C=C1\SC(=S)N(CCC(=O)Nc2nc(-c3ccccc3)cs2)C1=O)=C\c1ccccc1. The largest absolute Gasteiger partial charge is 0.302 e. The Morgan fingerprint density at radius 3 is 2.55 bits per heavy atom. The van der Waals surface area contributed by atoms with Crippen LogP contribution in [-0.4, -0.2) is 32.6 Å². The molecule has 2 heterocycles. The molecule has 0 spiro atoms. The zero-order chi connectivity index (χ0) is 23.2. The van der Waals surface area contributed by atoms with Gasteiger partial charge < -0.3 is 5.32 Å². The van der Waals surface area contributed by atoms with Gasteiger partial charge in [-0.3, -0.25) is 14.5 Å². The first kappa shape index (κ1) is 23.1. The molecule has 1 aliphatic heterocycles. The summed E-state index contributed by atoms with van der Waals surface area (Å²) < 4.78 is 0.465. The Hall–Kier alpha value is -3.07. The molecule has 4 rings (SSSR count). The van der Waals surface area contributed by atoms with E-state index in [1.165, 1.54) is 28.0 Å². The van der Waals surface area contributed by atoms with E-state index >= 15 is 0 Å². The van der Waals surface area contributed by atoms with E-state index in [4.69, 9.17) is 12.2 Å². The number of nitrogens with zero attached hydrogens (tertiary/aromatic N) is 2. The van der Waals surface area contributed by atoms with Crippen LogP contribution in [0.4, 0.5) is 5.13 Å². The van der Waals surface area contributed by atoms with Gasteiger partial charge in [-0.2, -0.15) is 0 Å².